The first kappa shape index (κ1) is 22.6. The smallest absolute Gasteiger partial charge is 0.403 e. The average molecular weight is 466 g/mol. The number of nitrogens with one attached hydrogen (secondary N) is 1. The highest BCUT2D eigenvalue weighted by molar-refractivity contribution is 7.50. The molecule has 1 saturated heterocycles. The van der Waals surface area contributed by atoms with Crippen LogP contribution in [0.1, 0.15) is 11.8 Å². The summed E-state index contributed by atoms with van der Waals surface area (Å²) in [4.78, 5) is 22.2. The van der Waals surface area contributed by atoms with Crippen LogP contribution in [-0.2, 0) is 20.4 Å². The maximum Gasteiger partial charge on any atom is 0.403 e. The van der Waals surface area contributed by atoms with Crippen molar-refractivity contribution in [1.29, 1.82) is 0 Å². The molecular formula is C18H23N6O7P. The molecule has 0 bridgehead atoms. The first-order valence-electron chi connectivity index (χ1n) is 9.61. The molecule has 2 aromatic heterocycles. The van der Waals surface area contributed by atoms with Crippen molar-refractivity contribution in [2.45, 2.75) is 31.1 Å². The normalized spacial score (nSPS) is 25.1. The number of nitrogens with two attached hydrogens (primary N) is 1. The van der Waals surface area contributed by atoms with E-state index in [2.05, 4.69) is 20.0 Å². The van der Waals surface area contributed by atoms with E-state index in [-0.39, 0.29) is 29.5 Å². The van der Waals surface area contributed by atoms with Gasteiger partial charge in [0, 0.05) is 6.54 Å². The van der Waals surface area contributed by atoms with Gasteiger partial charge in [-0.1, -0.05) is 30.3 Å². The van der Waals surface area contributed by atoms with Crippen LogP contribution >= 0.6 is 7.75 Å². The number of nitrogen functional groups attached to an aromatic ring is 1. The predicted octanol–water partition coefficient (Wildman–Crippen LogP) is -0.0569. The van der Waals surface area contributed by atoms with Crippen LogP contribution in [0.4, 0.5) is 5.95 Å². The molecule has 0 aliphatic carbocycles. The summed E-state index contributed by atoms with van der Waals surface area (Å²) in [6, 6.07) is 9.02. The highest BCUT2D eigenvalue weighted by atomic mass is 31.2. The molecule has 0 spiro atoms. The summed E-state index contributed by atoms with van der Waals surface area (Å²) in [6.07, 6.45) is -3.64. The van der Waals surface area contributed by atoms with E-state index in [0.29, 0.717) is 0 Å². The highest BCUT2D eigenvalue weighted by Gasteiger charge is 2.45. The molecule has 0 amide bonds. The summed E-state index contributed by atoms with van der Waals surface area (Å²) < 4.78 is 29.6. The second-order valence-electron chi connectivity index (χ2n) is 7.10. The summed E-state index contributed by atoms with van der Waals surface area (Å²) in [5, 5.41) is 23.3. The number of methoxy groups -OCH3 is 1. The third-order valence-electron chi connectivity index (χ3n) is 4.95. The van der Waals surface area contributed by atoms with Crippen molar-refractivity contribution in [3.8, 4) is 5.88 Å². The van der Waals surface area contributed by atoms with E-state index in [9.17, 15) is 19.7 Å². The van der Waals surface area contributed by atoms with Crippen LogP contribution in [0, 0.1) is 0 Å². The van der Waals surface area contributed by atoms with Crippen molar-refractivity contribution in [3.63, 3.8) is 0 Å². The summed E-state index contributed by atoms with van der Waals surface area (Å²) >= 11 is 0. The SMILES string of the molecule is COc1nc(N)nc2c1ncn2[C@@H]1O[C@H](COP(=O)(O)NCc2ccccc2)[C@H](O)[C@@H]1O. The van der Waals surface area contributed by atoms with Crippen molar-refractivity contribution in [2.75, 3.05) is 19.5 Å². The predicted molar refractivity (Wildman–Crippen MR) is 111 cm³/mol. The van der Waals surface area contributed by atoms with Gasteiger partial charge in [0.05, 0.1) is 20.0 Å². The number of nitrogens with zero attached hydrogens (tertiary/aromatic N) is 4. The van der Waals surface area contributed by atoms with Gasteiger partial charge in [0.15, 0.2) is 17.4 Å². The number of aliphatic hydroxyl groups excluding tert-OH is 2. The van der Waals surface area contributed by atoms with E-state index < -0.39 is 38.9 Å². The van der Waals surface area contributed by atoms with Gasteiger partial charge in [-0.3, -0.25) is 9.09 Å². The Balaban J connectivity index is 1.44. The lowest BCUT2D eigenvalue weighted by Gasteiger charge is -2.18. The van der Waals surface area contributed by atoms with Gasteiger partial charge in [0.25, 0.3) is 0 Å². The van der Waals surface area contributed by atoms with Crippen LogP contribution in [-0.4, -0.2) is 66.7 Å². The number of rotatable bonds is 8. The molecule has 1 unspecified atom stereocenters. The van der Waals surface area contributed by atoms with Gasteiger partial charge in [0.2, 0.25) is 11.8 Å². The number of ether oxygens (including phenoxy) is 2. The topological polar surface area (TPSA) is 187 Å². The largest absolute Gasteiger partial charge is 0.479 e. The van der Waals surface area contributed by atoms with Crippen LogP contribution in [0.3, 0.4) is 0 Å². The quantitative estimate of drug-likeness (QED) is 0.279. The molecule has 0 radical (unpaired) electrons. The Kier molecular flexibility index (Phi) is 6.40. The van der Waals surface area contributed by atoms with Crippen LogP contribution < -0.4 is 15.6 Å². The minimum atomic E-state index is -4.19. The van der Waals surface area contributed by atoms with E-state index in [0.717, 1.165) is 5.56 Å². The van der Waals surface area contributed by atoms with Gasteiger partial charge >= 0.3 is 7.75 Å². The van der Waals surface area contributed by atoms with Crippen molar-refractivity contribution in [2.24, 2.45) is 0 Å². The van der Waals surface area contributed by atoms with Gasteiger partial charge in [-0.2, -0.15) is 9.97 Å². The zero-order valence-electron chi connectivity index (χ0n) is 17.0. The van der Waals surface area contributed by atoms with Crippen LogP contribution in [0.15, 0.2) is 36.7 Å². The monoisotopic (exact) mass is 466 g/mol. The summed E-state index contributed by atoms with van der Waals surface area (Å²) in [5.41, 5.74) is 7.01. The Morgan fingerprint density at radius 2 is 2.00 bits per heavy atom. The molecule has 0 saturated carbocycles. The first-order chi connectivity index (χ1) is 15.3. The fourth-order valence-corrected chi connectivity index (χ4v) is 4.16. The van der Waals surface area contributed by atoms with Gasteiger partial charge in [-0.05, 0) is 5.56 Å². The first-order valence-corrected chi connectivity index (χ1v) is 11.2. The van der Waals surface area contributed by atoms with Gasteiger partial charge < -0.3 is 30.3 Å². The van der Waals surface area contributed by atoms with Crippen molar-refractivity contribution >= 4 is 24.9 Å². The van der Waals surface area contributed by atoms with E-state index in [1.807, 2.05) is 6.07 Å². The second kappa shape index (κ2) is 9.08. The Morgan fingerprint density at radius 3 is 2.72 bits per heavy atom. The molecule has 1 aliphatic heterocycles. The molecule has 14 heteroatoms. The number of anilines is 1. The Hall–Kier alpha value is -2.64. The van der Waals surface area contributed by atoms with Gasteiger partial charge in [-0.25, -0.2) is 14.6 Å². The molecule has 3 aromatic rings. The van der Waals surface area contributed by atoms with Crippen molar-refractivity contribution in [1.82, 2.24) is 24.6 Å². The summed E-state index contributed by atoms with van der Waals surface area (Å²) in [6.45, 7) is -0.338. The number of aromatic nitrogens is 4. The number of hydrogen-bond donors (Lipinski definition) is 5. The fourth-order valence-electron chi connectivity index (χ4n) is 3.34. The Morgan fingerprint density at radius 1 is 1.25 bits per heavy atom. The molecular weight excluding hydrogens is 443 g/mol. The molecule has 6 N–H and O–H groups in total. The van der Waals surface area contributed by atoms with E-state index in [4.69, 9.17) is 19.7 Å². The minimum absolute atomic E-state index is 0.0743. The minimum Gasteiger partial charge on any atom is -0.479 e. The summed E-state index contributed by atoms with van der Waals surface area (Å²) in [5.74, 6) is 0.0691. The standard InChI is InChI=1S/C18H23N6O7P/c1-29-16-12-15(22-18(19)23-16)24(9-20-12)17-14(26)13(25)11(31-17)8-30-32(27,28)21-7-10-5-3-2-4-6-10/h2-6,9,11,13-14,17,25-26H,7-8H2,1H3,(H2,19,22,23)(H2,21,27,28)/t11-,13+,14+,17-/m1/s1. The molecule has 1 fully saturated rings. The Labute approximate surface area is 182 Å². The lowest BCUT2D eigenvalue weighted by molar-refractivity contribution is -0.0487. The summed E-state index contributed by atoms with van der Waals surface area (Å²) in [7, 11) is -2.79. The number of benzene rings is 1. The van der Waals surface area contributed by atoms with Crippen LogP contribution in [0.25, 0.3) is 11.2 Å². The lowest BCUT2D eigenvalue weighted by Crippen LogP contribution is -2.34. The number of imidazole rings is 1. The maximum atomic E-state index is 12.3. The van der Waals surface area contributed by atoms with Gasteiger partial charge in [-0.15, -0.1) is 0 Å². The molecule has 1 aliphatic rings. The lowest BCUT2D eigenvalue weighted by atomic mass is 10.1. The van der Waals surface area contributed by atoms with E-state index in [1.54, 1.807) is 24.3 Å². The van der Waals surface area contributed by atoms with Crippen molar-refractivity contribution < 1.29 is 33.7 Å². The van der Waals surface area contributed by atoms with Gasteiger partial charge in [0.1, 0.15) is 18.3 Å². The van der Waals surface area contributed by atoms with Crippen LogP contribution in [0.5, 0.6) is 5.88 Å². The molecule has 32 heavy (non-hydrogen) atoms. The number of aliphatic hydroxyl groups is 2. The third kappa shape index (κ3) is 4.59. The van der Waals surface area contributed by atoms with Crippen molar-refractivity contribution in [3.05, 3.63) is 42.2 Å². The Bertz CT molecular complexity index is 1130. The van der Waals surface area contributed by atoms with E-state index in [1.165, 1.54) is 18.0 Å². The third-order valence-corrected chi connectivity index (χ3v) is 6.01. The molecule has 5 atom stereocenters. The molecule has 13 nitrogen and oxygen atoms in total. The molecule has 1 aromatic carbocycles. The number of fused-ring (bicyclic) bond motifs is 1. The highest BCUT2D eigenvalue weighted by Crippen LogP contribution is 2.40. The molecule has 3 heterocycles. The maximum absolute atomic E-state index is 12.3. The van der Waals surface area contributed by atoms with E-state index >= 15 is 0 Å². The molecule has 172 valence electrons. The zero-order chi connectivity index (χ0) is 22.9. The average Bonchev–Trinajstić information content (AvgIpc) is 3.32. The second-order valence-corrected chi connectivity index (χ2v) is 8.71. The fraction of sp³-hybridized carbons (Fsp3) is 0.389. The number of hydrogen-bond acceptors (Lipinski definition) is 10. The molecule has 4 rings (SSSR count). The zero-order valence-corrected chi connectivity index (χ0v) is 17.9. The van der Waals surface area contributed by atoms with Crippen LogP contribution in [0.2, 0.25) is 0 Å².